The van der Waals surface area contributed by atoms with Crippen molar-refractivity contribution in [3.8, 4) is 0 Å². The number of aromatic nitrogens is 4. The maximum Gasteiger partial charge on any atom is 0.0729 e. The molecular weight excluding hydrogens is 226 g/mol. The van der Waals surface area contributed by atoms with Crippen molar-refractivity contribution in [2.45, 2.75) is 46.3 Å². The van der Waals surface area contributed by atoms with Gasteiger partial charge in [0.2, 0.25) is 0 Å². The average Bonchev–Trinajstić information content (AvgIpc) is 2.95. The molecule has 0 aliphatic rings. The minimum Gasteiger partial charge on any atom is -0.378 e. The largest absolute Gasteiger partial charge is 0.378 e. The molecule has 5 heteroatoms. The quantitative estimate of drug-likeness (QED) is 0.883. The van der Waals surface area contributed by atoms with Crippen molar-refractivity contribution in [1.82, 2.24) is 19.6 Å². The summed E-state index contributed by atoms with van der Waals surface area (Å²) in [5.41, 5.74) is 2.22. The molecule has 0 bridgehead atoms. The van der Waals surface area contributed by atoms with Gasteiger partial charge in [0.25, 0.3) is 0 Å². The molecule has 98 valence electrons. The molecule has 0 atom stereocenters. The lowest BCUT2D eigenvalue weighted by Gasteiger charge is -2.04. The van der Waals surface area contributed by atoms with E-state index in [-0.39, 0.29) is 0 Å². The van der Waals surface area contributed by atoms with Crippen molar-refractivity contribution in [2.24, 2.45) is 0 Å². The summed E-state index contributed by atoms with van der Waals surface area (Å²) >= 11 is 0. The number of rotatable bonds is 5. The second kappa shape index (κ2) is 5.25. The van der Waals surface area contributed by atoms with Crippen molar-refractivity contribution in [2.75, 3.05) is 5.32 Å². The average molecular weight is 247 g/mol. The SMILES string of the molecule is CC(C)n1cc(CNc2cnn(C(C)C)c2)cn1. The summed E-state index contributed by atoms with van der Waals surface area (Å²) in [7, 11) is 0. The number of hydrogen-bond donors (Lipinski definition) is 1. The van der Waals surface area contributed by atoms with Gasteiger partial charge in [-0.25, -0.2) is 0 Å². The highest BCUT2D eigenvalue weighted by Gasteiger charge is 2.04. The highest BCUT2D eigenvalue weighted by Crippen LogP contribution is 2.12. The van der Waals surface area contributed by atoms with Gasteiger partial charge in [-0.2, -0.15) is 10.2 Å². The minimum atomic E-state index is 0.393. The standard InChI is InChI=1S/C13H21N5/c1-10(2)17-8-12(6-15-17)5-14-13-7-16-18(9-13)11(3)4/h6-11,14H,5H2,1-4H3. The monoisotopic (exact) mass is 247 g/mol. The van der Waals surface area contributed by atoms with E-state index < -0.39 is 0 Å². The smallest absolute Gasteiger partial charge is 0.0729 e. The fourth-order valence-corrected chi connectivity index (χ4v) is 1.67. The van der Waals surface area contributed by atoms with Crippen LogP contribution in [0.3, 0.4) is 0 Å². The summed E-state index contributed by atoms with van der Waals surface area (Å²) in [5, 5.41) is 12.0. The van der Waals surface area contributed by atoms with Crippen LogP contribution in [0.1, 0.15) is 45.3 Å². The Morgan fingerprint density at radius 1 is 1.00 bits per heavy atom. The van der Waals surface area contributed by atoms with E-state index in [1.807, 2.05) is 28.0 Å². The number of hydrogen-bond acceptors (Lipinski definition) is 3. The van der Waals surface area contributed by atoms with Crippen LogP contribution in [0.5, 0.6) is 0 Å². The minimum absolute atomic E-state index is 0.393. The molecule has 2 rings (SSSR count). The molecule has 0 amide bonds. The lowest BCUT2D eigenvalue weighted by molar-refractivity contribution is 0.532. The normalized spacial score (nSPS) is 11.4. The third-order valence-electron chi connectivity index (χ3n) is 2.81. The molecule has 5 nitrogen and oxygen atoms in total. The molecule has 0 unspecified atom stereocenters. The lowest BCUT2D eigenvalue weighted by atomic mass is 10.3. The summed E-state index contributed by atoms with van der Waals surface area (Å²) < 4.78 is 3.91. The summed E-state index contributed by atoms with van der Waals surface area (Å²) in [6.07, 6.45) is 7.86. The first-order chi connectivity index (χ1) is 8.56. The highest BCUT2D eigenvalue weighted by molar-refractivity contribution is 5.38. The zero-order valence-corrected chi connectivity index (χ0v) is 11.5. The Bertz CT molecular complexity index is 449. The zero-order chi connectivity index (χ0) is 13.1. The van der Waals surface area contributed by atoms with Gasteiger partial charge in [-0.3, -0.25) is 9.36 Å². The molecule has 0 radical (unpaired) electrons. The van der Waals surface area contributed by atoms with Gasteiger partial charge >= 0.3 is 0 Å². The molecule has 0 saturated carbocycles. The van der Waals surface area contributed by atoms with Crippen LogP contribution in [0.4, 0.5) is 5.69 Å². The summed E-state index contributed by atoms with van der Waals surface area (Å²) in [6, 6.07) is 0.798. The predicted molar refractivity (Wildman–Crippen MR) is 72.6 cm³/mol. The van der Waals surface area contributed by atoms with Gasteiger partial charge in [0, 0.05) is 36.6 Å². The molecule has 0 saturated heterocycles. The van der Waals surface area contributed by atoms with Crippen LogP contribution < -0.4 is 5.32 Å². The van der Waals surface area contributed by atoms with Gasteiger partial charge in [0.1, 0.15) is 0 Å². The van der Waals surface area contributed by atoms with E-state index in [0.717, 1.165) is 12.2 Å². The van der Waals surface area contributed by atoms with Gasteiger partial charge in [-0.05, 0) is 27.7 Å². The lowest BCUT2D eigenvalue weighted by Crippen LogP contribution is -2.01. The predicted octanol–water partition coefficient (Wildman–Crippen LogP) is 2.85. The van der Waals surface area contributed by atoms with Crippen molar-refractivity contribution in [1.29, 1.82) is 0 Å². The topological polar surface area (TPSA) is 47.7 Å². The first kappa shape index (κ1) is 12.7. The van der Waals surface area contributed by atoms with Gasteiger partial charge in [0.05, 0.1) is 18.1 Å². The molecule has 0 aliphatic heterocycles. The Kier molecular flexibility index (Phi) is 3.69. The number of nitrogens with one attached hydrogen (secondary N) is 1. The highest BCUT2D eigenvalue weighted by atomic mass is 15.3. The Morgan fingerprint density at radius 2 is 1.61 bits per heavy atom. The van der Waals surface area contributed by atoms with E-state index in [1.54, 1.807) is 0 Å². The van der Waals surface area contributed by atoms with E-state index in [2.05, 4.69) is 49.4 Å². The molecule has 1 N–H and O–H groups in total. The second-order valence-electron chi connectivity index (χ2n) is 5.08. The van der Waals surface area contributed by atoms with Crippen molar-refractivity contribution < 1.29 is 0 Å². The third-order valence-corrected chi connectivity index (χ3v) is 2.81. The molecule has 0 aromatic carbocycles. The van der Waals surface area contributed by atoms with Gasteiger partial charge < -0.3 is 5.32 Å². The van der Waals surface area contributed by atoms with Crippen molar-refractivity contribution in [3.05, 3.63) is 30.4 Å². The molecule has 2 aromatic heterocycles. The summed E-state index contributed by atoms with van der Waals surface area (Å²) in [5.74, 6) is 0. The van der Waals surface area contributed by atoms with Crippen LogP contribution in [-0.2, 0) is 6.54 Å². The van der Waals surface area contributed by atoms with Crippen LogP contribution in [0, 0.1) is 0 Å². The molecule has 0 fully saturated rings. The van der Waals surface area contributed by atoms with E-state index in [1.165, 1.54) is 5.56 Å². The maximum atomic E-state index is 4.32. The first-order valence-corrected chi connectivity index (χ1v) is 6.37. The zero-order valence-electron chi connectivity index (χ0n) is 11.5. The summed E-state index contributed by atoms with van der Waals surface area (Å²) in [6.45, 7) is 9.25. The fraction of sp³-hybridized carbons (Fsp3) is 0.538. The van der Waals surface area contributed by atoms with Gasteiger partial charge in [-0.1, -0.05) is 0 Å². The molecular formula is C13H21N5. The number of anilines is 1. The van der Waals surface area contributed by atoms with Crippen LogP contribution in [-0.4, -0.2) is 19.6 Å². The first-order valence-electron chi connectivity index (χ1n) is 6.37. The van der Waals surface area contributed by atoms with E-state index in [0.29, 0.717) is 12.1 Å². The Hall–Kier alpha value is -1.78. The number of nitrogens with zero attached hydrogens (tertiary/aromatic N) is 4. The van der Waals surface area contributed by atoms with Crippen LogP contribution >= 0.6 is 0 Å². The third kappa shape index (κ3) is 2.91. The maximum absolute atomic E-state index is 4.32. The van der Waals surface area contributed by atoms with E-state index in [4.69, 9.17) is 0 Å². The van der Waals surface area contributed by atoms with E-state index in [9.17, 15) is 0 Å². The van der Waals surface area contributed by atoms with E-state index >= 15 is 0 Å². The Labute approximate surface area is 108 Å². The Balaban J connectivity index is 1.93. The van der Waals surface area contributed by atoms with Crippen molar-refractivity contribution >= 4 is 5.69 Å². The molecule has 0 aliphatic carbocycles. The van der Waals surface area contributed by atoms with Gasteiger partial charge in [0.15, 0.2) is 0 Å². The fourth-order valence-electron chi connectivity index (χ4n) is 1.67. The van der Waals surface area contributed by atoms with Crippen LogP contribution in [0.2, 0.25) is 0 Å². The second-order valence-corrected chi connectivity index (χ2v) is 5.08. The Morgan fingerprint density at radius 3 is 2.17 bits per heavy atom. The molecule has 18 heavy (non-hydrogen) atoms. The molecule has 2 aromatic rings. The van der Waals surface area contributed by atoms with Gasteiger partial charge in [-0.15, -0.1) is 0 Å². The van der Waals surface area contributed by atoms with Crippen molar-refractivity contribution in [3.63, 3.8) is 0 Å². The molecule has 0 spiro atoms. The van der Waals surface area contributed by atoms with Crippen LogP contribution in [0.25, 0.3) is 0 Å². The molecule has 2 heterocycles. The summed E-state index contributed by atoms with van der Waals surface area (Å²) in [4.78, 5) is 0. The van der Waals surface area contributed by atoms with Crippen LogP contribution in [0.15, 0.2) is 24.8 Å².